The lowest BCUT2D eigenvalue weighted by molar-refractivity contribution is -0.384. The van der Waals surface area contributed by atoms with Crippen molar-refractivity contribution in [1.82, 2.24) is 15.0 Å². The molecule has 12 nitrogen and oxygen atoms in total. The van der Waals surface area contributed by atoms with Crippen LogP contribution in [0, 0.1) is 10.1 Å². The van der Waals surface area contributed by atoms with E-state index in [-0.39, 0.29) is 23.3 Å². The number of hydrazone groups is 1. The van der Waals surface area contributed by atoms with Crippen molar-refractivity contribution in [2.75, 3.05) is 41.9 Å². The van der Waals surface area contributed by atoms with Gasteiger partial charge in [-0.3, -0.25) is 10.1 Å². The largest absolute Gasteiger partial charge is 0.507 e. The minimum absolute atomic E-state index is 0.0160. The third-order valence-corrected chi connectivity index (χ3v) is 5.10. The molecule has 170 valence electrons. The maximum absolute atomic E-state index is 10.9. The molecule has 1 fully saturated rings. The van der Waals surface area contributed by atoms with Crippen LogP contribution in [0.3, 0.4) is 0 Å². The van der Waals surface area contributed by atoms with Gasteiger partial charge >= 0.3 is 0 Å². The molecule has 0 amide bonds. The Hall–Kier alpha value is -3.84. The van der Waals surface area contributed by atoms with Gasteiger partial charge in [-0.2, -0.15) is 20.1 Å². The molecule has 3 aromatic rings. The van der Waals surface area contributed by atoms with E-state index < -0.39 is 4.92 Å². The second-order valence-corrected chi connectivity index (χ2v) is 7.80. The molecule has 3 N–H and O–H groups in total. The molecule has 0 aliphatic carbocycles. The lowest BCUT2D eigenvalue weighted by atomic mass is 10.2. The van der Waals surface area contributed by atoms with Crippen LogP contribution in [0.15, 0.2) is 52.0 Å². The summed E-state index contributed by atoms with van der Waals surface area (Å²) in [5.41, 5.74) is 3.83. The van der Waals surface area contributed by atoms with Crippen LogP contribution in [0.1, 0.15) is 5.56 Å². The van der Waals surface area contributed by atoms with E-state index >= 15 is 0 Å². The molecular weight excluding hydrogens is 496 g/mol. The van der Waals surface area contributed by atoms with E-state index in [0.29, 0.717) is 43.5 Å². The van der Waals surface area contributed by atoms with Gasteiger partial charge in [0.1, 0.15) is 5.75 Å². The fraction of sp³-hybridized carbons (Fsp3) is 0.200. The summed E-state index contributed by atoms with van der Waals surface area (Å²) in [7, 11) is 0. The summed E-state index contributed by atoms with van der Waals surface area (Å²) in [5.74, 6) is 0.930. The first-order chi connectivity index (χ1) is 16.0. The summed E-state index contributed by atoms with van der Waals surface area (Å²) in [6.45, 7) is 2.35. The molecule has 13 heteroatoms. The van der Waals surface area contributed by atoms with E-state index in [1.165, 1.54) is 18.3 Å². The van der Waals surface area contributed by atoms with E-state index in [1.807, 2.05) is 4.90 Å². The van der Waals surface area contributed by atoms with Gasteiger partial charge in [0.25, 0.3) is 5.69 Å². The molecule has 0 saturated carbocycles. The minimum Gasteiger partial charge on any atom is -0.507 e. The van der Waals surface area contributed by atoms with Crippen molar-refractivity contribution in [3.63, 3.8) is 0 Å². The Morgan fingerprint density at radius 2 is 1.85 bits per heavy atom. The second kappa shape index (κ2) is 10.2. The molecule has 0 atom stereocenters. The lowest BCUT2D eigenvalue weighted by Crippen LogP contribution is -2.37. The number of rotatable bonds is 7. The average molecular weight is 515 g/mol. The normalized spacial score (nSPS) is 13.8. The number of nitrogens with zero attached hydrogens (tertiary/aromatic N) is 6. The van der Waals surface area contributed by atoms with Crippen molar-refractivity contribution >= 4 is 51.4 Å². The van der Waals surface area contributed by atoms with Gasteiger partial charge in [0.2, 0.25) is 17.8 Å². The summed E-state index contributed by atoms with van der Waals surface area (Å²) in [6, 6.07) is 10.9. The molecule has 0 spiro atoms. The van der Waals surface area contributed by atoms with Gasteiger partial charge in [-0.25, -0.2) is 5.43 Å². The van der Waals surface area contributed by atoms with Gasteiger partial charge in [-0.15, -0.1) is 0 Å². The summed E-state index contributed by atoms with van der Waals surface area (Å²) in [6.07, 6.45) is 1.45. The zero-order chi connectivity index (χ0) is 23.2. The van der Waals surface area contributed by atoms with E-state index in [2.05, 4.69) is 46.7 Å². The number of hydrogen-bond donors (Lipinski definition) is 3. The Labute approximate surface area is 196 Å². The van der Waals surface area contributed by atoms with Gasteiger partial charge in [-0.1, -0.05) is 15.9 Å². The zero-order valence-electron chi connectivity index (χ0n) is 17.2. The highest BCUT2D eigenvalue weighted by atomic mass is 79.9. The van der Waals surface area contributed by atoms with Crippen molar-refractivity contribution in [2.24, 2.45) is 5.10 Å². The van der Waals surface area contributed by atoms with Crippen LogP contribution < -0.4 is 15.6 Å². The standard InChI is InChI=1S/C20H19BrN8O4/c21-14-1-6-17(30)13(11-14)12-22-27-19-24-18(23-15-2-4-16(5-3-15)29(31)32)25-20(26-19)28-7-9-33-10-8-28/h1-6,11-12,30H,7-10H2,(H2,23,24,25,26,27)/b22-12+. The van der Waals surface area contributed by atoms with Crippen LogP contribution in [-0.2, 0) is 4.74 Å². The quantitative estimate of drug-likeness (QED) is 0.243. The SMILES string of the molecule is O=[N+]([O-])c1ccc(Nc2nc(N/N=C/c3cc(Br)ccc3O)nc(N3CCOCC3)n2)cc1. The van der Waals surface area contributed by atoms with Crippen LogP contribution in [0.2, 0.25) is 0 Å². The maximum atomic E-state index is 10.9. The number of aromatic hydroxyl groups is 1. The number of nitrogens with one attached hydrogen (secondary N) is 2. The van der Waals surface area contributed by atoms with Crippen LogP contribution in [0.5, 0.6) is 5.75 Å². The van der Waals surface area contributed by atoms with E-state index in [1.54, 1.807) is 30.3 Å². The number of hydrogen-bond acceptors (Lipinski definition) is 11. The highest BCUT2D eigenvalue weighted by Crippen LogP contribution is 2.22. The number of ether oxygens (including phenoxy) is 1. The molecule has 0 bridgehead atoms. The number of nitro benzene ring substituents is 1. The Balaban J connectivity index is 1.57. The van der Waals surface area contributed by atoms with Crippen molar-refractivity contribution in [3.05, 3.63) is 62.6 Å². The van der Waals surface area contributed by atoms with E-state index in [4.69, 9.17) is 4.74 Å². The monoisotopic (exact) mass is 514 g/mol. The molecular formula is C20H19BrN8O4. The first kappa shape index (κ1) is 22.4. The summed E-state index contributed by atoms with van der Waals surface area (Å²) >= 11 is 3.35. The number of nitro groups is 1. The number of phenolic OH excluding ortho intramolecular Hbond substituents is 1. The molecule has 33 heavy (non-hydrogen) atoms. The lowest BCUT2D eigenvalue weighted by Gasteiger charge is -2.27. The van der Waals surface area contributed by atoms with Crippen molar-refractivity contribution in [3.8, 4) is 5.75 Å². The number of anilines is 4. The van der Waals surface area contributed by atoms with Crippen LogP contribution in [0.25, 0.3) is 0 Å². The number of non-ortho nitro benzene ring substituents is 1. The summed E-state index contributed by atoms with van der Waals surface area (Å²) in [4.78, 5) is 25.6. The number of morpholine rings is 1. The number of halogens is 1. The molecule has 4 rings (SSSR count). The average Bonchev–Trinajstić information content (AvgIpc) is 2.82. The molecule has 1 aromatic heterocycles. The fourth-order valence-corrected chi connectivity index (χ4v) is 3.34. The number of phenols is 1. The van der Waals surface area contributed by atoms with E-state index in [0.717, 1.165) is 4.47 Å². The Kier molecular flexibility index (Phi) is 6.90. The molecule has 0 radical (unpaired) electrons. The summed E-state index contributed by atoms with van der Waals surface area (Å²) < 4.78 is 6.19. The first-order valence-corrected chi connectivity index (χ1v) is 10.6. The number of aromatic nitrogens is 3. The van der Waals surface area contributed by atoms with Gasteiger partial charge in [0, 0.05) is 40.9 Å². The highest BCUT2D eigenvalue weighted by molar-refractivity contribution is 9.10. The smallest absolute Gasteiger partial charge is 0.269 e. The van der Waals surface area contributed by atoms with Crippen LogP contribution in [0.4, 0.5) is 29.2 Å². The maximum Gasteiger partial charge on any atom is 0.269 e. The first-order valence-electron chi connectivity index (χ1n) is 9.86. The third kappa shape index (κ3) is 5.90. The Morgan fingerprint density at radius 3 is 2.58 bits per heavy atom. The van der Waals surface area contributed by atoms with Crippen molar-refractivity contribution in [1.29, 1.82) is 0 Å². The third-order valence-electron chi connectivity index (χ3n) is 4.61. The van der Waals surface area contributed by atoms with Crippen molar-refractivity contribution < 1.29 is 14.8 Å². The molecule has 2 aromatic carbocycles. The topological polar surface area (TPSA) is 151 Å². The van der Waals surface area contributed by atoms with Crippen LogP contribution in [-0.4, -0.2) is 57.5 Å². The van der Waals surface area contributed by atoms with Gasteiger partial charge < -0.3 is 20.1 Å². The molecule has 2 heterocycles. The Morgan fingerprint density at radius 1 is 1.12 bits per heavy atom. The van der Waals surface area contributed by atoms with Gasteiger partial charge in [-0.05, 0) is 30.3 Å². The van der Waals surface area contributed by atoms with E-state index in [9.17, 15) is 15.2 Å². The van der Waals surface area contributed by atoms with Crippen LogP contribution >= 0.6 is 15.9 Å². The molecule has 1 aliphatic heterocycles. The summed E-state index contributed by atoms with van der Waals surface area (Å²) in [5, 5.41) is 28.0. The minimum atomic E-state index is -0.466. The van der Waals surface area contributed by atoms with Crippen molar-refractivity contribution in [2.45, 2.75) is 0 Å². The number of benzene rings is 2. The van der Waals surface area contributed by atoms with Gasteiger partial charge in [0.15, 0.2) is 0 Å². The Bertz CT molecular complexity index is 1170. The highest BCUT2D eigenvalue weighted by Gasteiger charge is 2.17. The molecule has 0 unspecified atom stereocenters. The molecule has 1 aliphatic rings. The molecule has 1 saturated heterocycles. The zero-order valence-corrected chi connectivity index (χ0v) is 18.8. The van der Waals surface area contributed by atoms with Gasteiger partial charge in [0.05, 0.1) is 24.4 Å². The predicted molar refractivity (Wildman–Crippen MR) is 126 cm³/mol. The second-order valence-electron chi connectivity index (χ2n) is 6.88. The predicted octanol–water partition coefficient (Wildman–Crippen LogP) is 3.27. The fourth-order valence-electron chi connectivity index (χ4n) is 2.96.